The van der Waals surface area contributed by atoms with Gasteiger partial charge in [-0.3, -0.25) is 9.10 Å². The maximum atomic E-state index is 12.6. The first kappa shape index (κ1) is 19.3. The number of amides is 1. The summed E-state index contributed by atoms with van der Waals surface area (Å²) in [6.45, 7) is 5.31. The fourth-order valence-electron chi connectivity index (χ4n) is 2.69. The Morgan fingerprint density at radius 1 is 1.12 bits per heavy atom. The Bertz CT molecular complexity index is 877. The molecule has 5 nitrogen and oxygen atoms in total. The molecule has 1 N–H and O–H groups in total. The van der Waals surface area contributed by atoms with Crippen LogP contribution in [0, 0.1) is 13.8 Å². The summed E-state index contributed by atoms with van der Waals surface area (Å²) in [6, 6.07) is 11.3. The molecule has 1 unspecified atom stereocenters. The van der Waals surface area contributed by atoms with Crippen molar-refractivity contribution in [1.82, 2.24) is 0 Å². The van der Waals surface area contributed by atoms with Gasteiger partial charge >= 0.3 is 0 Å². The second kappa shape index (κ2) is 7.45. The van der Waals surface area contributed by atoms with Gasteiger partial charge in [-0.1, -0.05) is 29.8 Å². The van der Waals surface area contributed by atoms with E-state index in [4.69, 9.17) is 11.6 Å². The molecule has 2 aromatic carbocycles. The van der Waals surface area contributed by atoms with Gasteiger partial charge in [-0.05, 0) is 56.2 Å². The highest BCUT2D eigenvalue weighted by atomic mass is 35.5. The zero-order valence-electron chi connectivity index (χ0n) is 14.6. The van der Waals surface area contributed by atoms with E-state index in [2.05, 4.69) is 5.32 Å². The van der Waals surface area contributed by atoms with Crippen LogP contribution in [0.1, 0.15) is 18.1 Å². The monoisotopic (exact) mass is 380 g/mol. The number of carbonyl (C=O) groups is 1. The summed E-state index contributed by atoms with van der Waals surface area (Å²) < 4.78 is 25.8. The van der Waals surface area contributed by atoms with Gasteiger partial charge in [0.25, 0.3) is 0 Å². The van der Waals surface area contributed by atoms with Gasteiger partial charge in [0.2, 0.25) is 15.9 Å². The number of rotatable bonds is 5. The van der Waals surface area contributed by atoms with Crippen molar-refractivity contribution in [2.24, 2.45) is 0 Å². The standard InChI is InChI=1S/C18H21ClN2O3S/c1-12-9-13(2)11-15(10-12)21(25(4,23)24)14(3)18(22)20-17-8-6-5-7-16(17)19/h5-11,14H,1-4H3,(H,20,22). The van der Waals surface area contributed by atoms with E-state index in [1.807, 2.05) is 19.9 Å². The van der Waals surface area contributed by atoms with Gasteiger partial charge in [-0.2, -0.15) is 0 Å². The maximum absolute atomic E-state index is 12.6. The molecule has 1 atom stereocenters. The molecular formula is C18H21ClN2O3S. The number of nitrogens with zero attached hydrogens (tertiary/aromatic N) is 1. The third-order valence-corrected chi connectivity index (χ3v) is 5.25. The molecule has 0 spiro atoms. The summed E-state index contributed by atoms with van der Waals surface area (Å²) in [5, 5.41) is 3.07. The van der Waals surface area contributed by atoms with Crippen molar-refractivity contribution < 1.29 is 13.2 Å². The number of aryl methyl sites for hydroxylation is 2. The number of hydrogen-bond donors (Lipinski definition) is 1. The van der Waals surface area contributed by atoms with Gasteiger partial charge in [0.15, 0.2) is 0 Å². The molecule has 7 heteroatoms. The molecule has 0 saturated carbocycles. The van der Waals surface area contributed by atoms with Crippen LogP contribution in [-0.2, 0) is 14.8 Å². The van der Waals surface area contributed by atoms with Crippen LogP contribution in [0.25, 0.3) is 0 Å². The zero-order valence-corrected chi connectivity index (χ0v) is 16.1. The van der Waals surface area contributed by atoms with Gasteiger partial charge in [0.05, 0.1) is 22.7 Å². The first-order valence-corrected chi connectivity index (χ1v) is 9.95. The van der Waals surface area contributed by atoms with Crippen LogP contribution in [-0.4, -0.2) is 26.6 Å². The normalized spacial score (nSPS) is 12.5. The first-order chi connectivity index (χ1) is 11.6. The molecular weight excluding hydrogens is 360 g/mol. The lowest BCUT2D eigenvalue weighted by Gasteiger charge is -2.29. The molecule has 1 amide bonds. The molecule has 0 aliphatic carbocycles. The van der Waals surface area contributed by atoms with E-state index in [1.54, 1.807) is 43.3 Å². The Kier molecular flexibility index (Phi) is 5.75. The van der Waals surface area contributed by atoms with Crippen molar-refractivity contribution in [2.45, 2.75) is 26.8 Å². The number of benzene rings is 2. The minimum atomic E-state index is -3.66. The van der Waals surface area contributed by atoms with Crippen molar-refractivity contribution in [3.63, 3.8) is 0 Å². The lowest BCUT2D eigenvalue weighted by atomic mass is 10.1. The zero-order chi connectivity index (χ0) is 18.8. The molecule has 2 aromatic rings. The van der Waals surface area contributed by atoms with E-state index in [0.29, 0.717) is 16.4 Å². The predicted molar refractivity (Wildman–Crippen MR) is 103 cm³/mol. The first-order valence-electron chi connectivity index (χ1n) is 7.72. The van der Waals surface area contributed by atoms with E-state index < -0.39 is 22.0 Å². The van der Waals surface area contributed by atoms with Crippen LogP contribution >= 0.6 is 11.6 Å². The highest BCUT2D eigenvalue weighted by molar-refractivity contribution is 7.92. The Balaban J connectivity index is 2.38. The summed E-state index contributed by atoms with van der Waals surface area (Å²) in [7, 11) is -3.66. The Labute approximate surface area is 153 Å². The Morgan fingerprint density at radius 3 is 2.20 bits per heavy atom. The largest absolute Gasteiger partial charge is 0.323 e. The van der Waals surface area contributed by atoms with Gasteiger partial charge in [-0.15, -0.1) is 0 Å². The van der Waals surface area contributed by atoms with Crippen LogP contribution in [0.3, 0.4) is 0 Å². The quantitative estimate of drug-likeness (QED) is 0.858. The van der Waals surface area contributed by atoms with Crippen LogP contribution in [0.5, 0.6) is 0 Å². The molecule has 2 rings (SSSR count). The third kappa shape index (κ3) is 4.74. The summed E-state index contributed by atoms with van der Waals surface area (Å²) in [4.78, 5) is 12.6. The maximum Gasteiger partial charge on any atom is 0.248 e. The summed E-state index contributed by atoms with van der Waals surface area (Å²) in [5.74, 6) is -0.460. The lowest BCUT2D eigenvalue weighted by molar-refractivity contribution is -0.116. The van der Waals surface area contributed by atoms with E-state index in [9.17, 15) is 13.2 Å². The molecule has 0 radical (unpaired) electrons. The van der Waals surface area contributed by atoms with E-state index in [-0.39, 0.29) is 0 Å². The van der Waals surface area contributed by atoms with Crippen LogP contribution < -0.4 is 9.62 Å². The van der Waals surface area contributed by atoms with Crippen LogP contribution in [0.15, 0.2) is 42.5 Å². The smallest absolute Gasteiger partial charge is 0.248 e. The summed E-state index contributed by atoms with van der Waals surface area (Å²) in [5.41, 5.74) is 2.74. The molecule has 0 aromatic heterocycles. The summed E-state index contributed by atoms with van der Waals surface area (Å²) >= 11 is 6.05. The van der Waals surface area contributed by atoms with E-state index in [1.165, 1.54) is 0 Å². The fourth-order valence-corrected chi connectivity index (χ4v) is 4.03. The SMILES string of the molecule is Cc1cc(C)cc(N(C(C)C(=O)Nc2ccccc2Cl)S(C)(=O)=O)c1. The minimum absolute atomic E-state index is 0.389. The van der Waals surface area contributed by atoms with Crippen molar-refractivity contribution in [3.05, 3.63) is 58.6 Å². The molecule has 0 aliphatic rings. The molecule has 0 aliphatic heterocycles. The van der Waals surface area contributed by atoms with E-state index >= 15 is 0 Å². The number of halogens is 1. The molecule has 0 bridgehead atoms. The average Bonchev–Trinajstić information content (AvgIpc) is 2.47. The number of carbonyl (C=O) groups excluding carboxylic acids is 1. The minimum Gasteiger partial charge on any atom is -0.323 e. The van der Waals surface area contributed by atoms with Crippen molar-refractivity contribution in [3.8, 4) is 0 Å². The second-order valence-corrected chi connectivity index (χ2v) is 8.32. The van der Waals surface area contributed by atoms with Crippen LogP contribution in [0.2, 0.25) is 5.02 Å². The molecule has 0 fully saturated rings. The number of sulfonamides is 1. The van der Waals surface area contributed by atoms with Crippen molar-refractivity contribution in [2.75, 3.05) is 15.9 Å². The Hall–Kier alpha value is -2.05. The topological polar surface area (TPSA) is 66.5 Å². The lowest BCUT2D eigenvalue weighted by Crippen LogP contribution is -2.45. The third-order valence-electron chi connectivity index (χ3n) is 3.68. The highest BCUT2D eigenvalue weighted by Gasteiger charge is 2.29. The molecule has 0 saturated heterocycles. The predicted octanol–water partition coefficient (Wildman–Crippen LogP) is 3.75. The number of nitrogens with one attached hydrogen (secondary N) is 1. The van der Waals surface area contributed by atoms with Gasteiger partial charge in [0, 0.05) is 0 Å². The highest BCUT2D eigenvalue weighted by Crippen LogP contribution is 2.25. The Morgan fingerprint density at radius 2 is 1.68 bits per heavy atom. The van der Waals surface area contributed by atoms with Gasteiger partial charge in [0.1, 0.15) is 6.04 Å². The van der Waals surface area contributed by atoms with Crippen LogP contribution in [0.4, 0.5) is 11.4 Å². The van der Waals surface area contributed by atoms with E-state index in [0.717, 1.165) is 21.7 Å². The average molecular weight is 381 g/mol. The van der Waals surface area contributed by atoms with Gasteiger partial charge in [-0.25, -0.2) is 8.42 Å². The van der Waals surface area contributed by atoms with Gasteiger partial charge < -0.3 is 5.32 Å². The van der Waals surface area contributed by atoms with Crippen molar-refractivity contribution >= 4 is 38.9 Å². The number of anilines is 2. The number of hydrogen-bond acceptors (Lipinski definition) is 3. The molecule has 134 valence electrons. The summed E-state index contributed by atoms with van der Waals surface area (Å²) in [6.07, 6.45) is 1.09. The molecule has 0 heterocycles. The molecule has 25 heavy (non-hydrogen) atoms. The number of para-hydroxylation sites is 1. The fraction of sp³-hybridized carbons (Fsp3) is 0.278. The van der Waals surface area contributed by atoms with Crippen molar-refractivity contribution in [1.29, 1.82) is 0 Å². The second-order valence-electron chi connectivity index (χ2n) is 6.05.